The molecule has 1 radical (unpaired) electrons. The average Bonchev–Trinajstić information content (AvgIpc) is 2.12. The first-order valence-electron chi connectivity index (χ1n) is 2.57. The zero-order valence-electron chi connectivity index (χ0n) is 5.65. The van der Waals surface area contributed by atoms with Crippen molar-refractivity contribution in [1.29, 1.82) is 0 Å². The predicted molar refractivity (Wildman–Crippen MR) is 28.6 cm³/mol. The Morgan fingerprint density at radius 2 is 1.15 bits per heavy atom. The van der Waals surface area contributed by atoms with Gasteiger partial charge >= 0.3 is 6.08 Å². The normalized spacial score (nSPS) is 13.9. The minimum atomic E-state index is -3.18. The van der Waals surface area contributed by atoms with E-state index in [-0.39, 0.29) is 6.33 Å². The largest absolute Gasteiger partial charge is 0.308 e. The molecule has 0 atom stereocenters. The third-order valence-corrected chi connectivity index (χ3v) is 0.827. The van der Waals surface area contributed by atoms with Crippen molar-refractivity contribution < 1.29 is 30.7 Å². The van der Waals surface area contributed by atoms with Gasteiger partial charge in [-0.1, -0.05) is 0 Å². The van der Waals surface area contributed by atoms with Crippen molar-refractivity contribution in [2.75, 3.05) is 0 Å². The zero-order chi connectivity index (χ0) is 10.6. The Hall–Kier alpha value is -1.27. The zero-order valence-corrected chi connectivity index (χ0v) is 5.65. The smallest absolute Gasteiger partial charge is 0.200 e. The van der Waals surface area contributed by atoms with E-state index in [9.17, 15) is 30.7 Å². The standard InChI is InChI=1S/C6F7/c7-1-2(8)3(9)4(10)5(11)6(12)13/b2-1?,4-3+. The second kappa shape index (κ2) is 4.68. The lowest BCUT2D eigenvalue weighted by Crippen LogP contribution is -1.85. The monoisotopic (exact) mass is 205 g/mol. The molecule has 0 fully saturated rings. The van der Waals surface area contributed by atoms with Gasteiger partial charge in [-0.3, -0.25) is 0 Å². The maximum Gasteiger partial charge on any atom is 0.308 e. The maximum atomic E-state index is 12.0. The average molecular weight is 205 g/mol. The van der Waals surface area contributed by atoms with Crippen LogP contribution in [0, 0.1) is 6.33 Å². The molecule has 13 heavy (non-hydrogen) atoms. The molecular formula is C6F7. The van der Waals surface area contributed by atoms with Crippen molar-refractivity contribution >= 4 is 0 Å². The summed E-state index contributed by atoms with van der Waals surface area (Å²) in [5, 5.41) is 0. The van der Waals surface area contributed by atoms with Gasteiger partial charge in [-0.05, 0) is 0 Å². The Bertz CT molecular complexity index is 281. The van der Waals surface area contributed by atoms with E-state index in [2.05, 4.69) is 0 Å². The highest BCUT2D eigenvalue weighted by molar-refractivity contribution is 5.30. The molecule has 0 unspecified atom stereocenters. The van der Waals surface area contributed by atoms with Crippen LogP contribution < -0.4 is 0 Å². The third-order valence-electron chi connectivity index (χ3n) is 0.827. The Morgan fingerprint density at radius 3 is 1.46 bits per heavy atom. The van der Waals surface area contributed by atoms with Crippen molar-refractivity contribution in [2.45, 2.75) is 0 Å². The molecule has 73 valence electrons. The Labute approximate surface area is 67.7 Å². The van der Waals surface area contributed by atoms with Crippen molar-refractivity contribution in [3.05, 3.63) is 35.7 Å². The summed E-state index contributed by atoms with van der Waals surface area (Å²) >= 11 is 0. The second-order valence-corrected chi connectivity index (χ2v) is 1.61. The van der Waals surface area contributed by atoms with Crippen molar-refractivity contribution in [2.24, 2.45) is 0 Å². The van der Waals surface area contributed by atoms with Crippen LogP contribution in [0.15, 0.2) is 29.4 Å². The lowest BCUT2D eigenvalue weighted by molar-refractivity contribution is 0.364. The highest BCUT2D eigenvalue weighted by atomic mass is 19.3. The third kappa shape index (κ3) is 2.92. The molecule has 0 aromatic rings. The molecule has 0 aromatic heterocycles. The molecule has 0 N–H and O–H groups in total. The first-order chi connectivity index (χ1) is 5.91. The quantitative estimate of drug-likeness (QED) is 0.475. The van der Waals surface area contributed by atoms with Gasteiger partial charge in [0.25, 0.3) is 0 Å². The molecule has 0 aliphatic carbocycles. The van der Waals surface area contributed by atoms with Gasteiger partial charge in [0.2, 0.25) is 29.6 Å². The lowest BCUT2D eigenvalue weighted by Gasteiger charge is -1.93. The number of hydrogen-bond donors (Lipinski definition) is 0. The first-order valence-corrected chi connectivity index (χ1v) is 2.57. The van der Waals surface area contributed by atoms with E-state index in [1.807, 2.05) is 0 Å². The first kappa shape index (κ1) is 11.7. The topological polar surface area (TPSA) is 0 Å². The number of allylic oxidation sites excluding steroid dienone is 4. The van der Waals surface area contributed by atoms with E-state index in [1.165, 1.54) is 0 Å². The van der Waals surface area contributed by atoms with Crippen LogP contribution in [0.3, 0.4) is 0 Å². The van der Waals surface area contributed by atoms with Gasteiger partial charge in [0.1, 0.15) is 0 Å². The van der Waals surface area contributed by atoms with Gasteiger partial charge in [-0.15, -0.1) is 0 Å². The summed E-state index contributed by atoms with van der Waals surface area (Å²) in [5.41, 5.74) is 0. The van der Waals surface area contributed by atoms with Crippen molar-refractivity contribution in [3.63, 3.8) is 0 Å². The Morgan fingerprint density at radius 1 is 0.692 bits per heavy atom. The summed E-state index contributed by atoms with van der Waals surface area (Å²) in [6.45, 7) is 0. The number of rotatable bonds is 2. The van der Waals surface area contributed by atoms with Gasteiger partial charge in [-0.2, -0.15) is 13.2 Å². The van der Waals surface area contributed by atoms with E-state index >= 15 is 0 Å². The van der Waals surface area contributed by atoms with Crippen LogP contribution in [0.4, 0.5) is 30.7 Å². The SMILES string of the molecule is F/[C]=C(F)\C(F)=C(/F)C(F)=C(F)F. The van der Waals surface area contributed by atoms with Crippen LogP contribution in [0.1, 0.15) is 0 Å². The molecule has 0 saturated carbocycles. The van der Waals surface area contributed by atoms with E-state index in [1.54, 1.807) is 0 Å². The molecule has 0 bridgehead atoms. The van der Waals surface area contributed by atoms with E-state index < -0.39 is 29.4 Å². The molecule has 7 heteroatoms. The number of halogens is 7. The fourth-order valence-corrected chi connectivity index (χ4v) is 0.317. The van der Waals surface area contributed by atoms with Gasteiger partial charge in [0.05, 0.1) is 0 Å². The molecule has 0 aromatic carbocycles. The van der Waals surface area contributed by atoms with E-state index in [4.69, 9.17) is 0 Å². The van der Waals surface area contributed by atoms with Crippen LogP contribution in [0.5, 0.6) is 0 Å². The molecule has 0 aliphatic rings. The van der Waals surface area contributed by atoms with Gasteiger partial charge in [0, 0.05) is 0 Å². The van der Waals surface area contributed by atoms with Crippen LogP contribution >= 0.6 is 0 Å². The van der Waals surface area contributed by atoms with Crippen molar-refractivity contribution in [3.8, 4) is 0 Å². The summed E-state index contributed by atoms with van der Waals surface area (Å²) < 4.78 is 81.0. The summed E-state index contributed by atoms with van der Waals surface area (Å²) in [7, 11) is 0. The van der Waals surface area contributed by atoms with Crippen LogP contribution in [0.2, 0.25) is 0 Å². The van der Waals surface area contributed by atoms with Crippen LogP contribution in [-0.2, 0) is 0 Å². The predicted octanol–water partition coefficient (Wildman–Crippen LogP) is 3.80. The minimum absolute atomic E-state index is 0.0176. The highest BCUT2D eigenvalue weighted by Gasteiger charge is 2.20. The van der Waals surface area contributed by atoms with E-state index in [0.29, 0.717) is 0 Å². The second-order valence-electron chi connectivity index (χ2n) is 1.61. The lowest BCUT2D eigenvalue weighted by atomic mass is 10.4. The molecule has 0 nitrogen and oxygen atoms in total. The summed E-state index contributed by atoms with van der Waals surface area (Å²) in [6.07, 6.45) is -3.20. The summed E-state index contributed by atoms with van der Waals surface area (Å²) in [4.78, 5) is 0. The summed E-state index contributed by atoms with van der Waals surface area (Å²) in [6, 6.07) is 0. The van der Waals surface area contributed by atoms with E-state index in [0.717, 1.165) is 0 Å². The maximum absolute atomic E-state index is 12.0. The molecule has 0 amide bonds. The molecule has 0 spiro atoms. The molecule has 0 aliphatic heterocycles. The fourth-order valence-electron chi connectivity index (χ4n) is 0.317. The Kier molecular flexibility index (Phi) is 4.22. The number of hydrogen-bond acceptors (Lipinski definition) is 0. The minimum Gasteiger partial charge on any atom is -0.200 e. The van der Waals surface area contributed by atoms with Crippen LogP contribution in [-0.4, -0.2) is 0 Å². The summed E-state index contributed by atoms with van der Waals surface area (Å²) in [5.74, 6) is -11.0. The molecule has 0 saturated heterocycles. The van der Waals surface area contributed by atoms with Crippen molar-refractivity contribution in [1.82, 2.24) is 0 Å². The van der Waals surface area contributed by atoms with Gasteiger partial charge < -0.3 is 0 Å². The fraction of sp³-hybridized carbons (Fsp3) is 0. The van der Waals surface area contributed by atoms with Gasteiger partial charge in [0.15, 0.2) is 0 Å². The highest BCUT2D eigenvalue weighted by Crippen LogP contribution is 2.27. The molecular weight excluding hydrogens is 205 g/mol. The molecule has 0 heterocycles. The van der Waals surface area contributed by atoms with Gasteiger partial charge in [-0.25, -0.2) is 17.6 Å². The Balaban J connectivity index is 5.17. The molecule has 0 rings (SSSR count). The van der Waals surface area contributed by atoms with Crippen LogP contribution in [0.25, 0.3) is 0 Å².